The molecule has 0 unspecified atom stereocenters. The first-order valence-corrected chi connectivity index (χ1v) is 10.6. The normalized spacial score (nSPS) is 18.4. The fourth-order valence-electron chi connectivity index (χ4n) is 3.79. The maximum absolute atomic E-state index is 12.0. The Bertz CT molecular complexity index is 1180. The number of fused-ring (bicyclic) bond motifs is 1. The number of rotatable bonds is 7. The molecule has 8 heteroatoms. The highest BCUT2D eigenvalue weighted by Crippen LogP contribution is 2.29. The van der Waals surface area contributed by atoms with E-state index in [1.807, 2.05) is 24.3 Å². The Hall–Kier alpha value is -3.68. The lowest BCUT2D eigenvalue weighted by atomic mass is 10.0. The number of carbonyl (C=O) groups is 2. The maximum Gasteiger partial charge on any atom is 0.254 e. The number of nitrogens with zero attached hydrogens (tertiary/aromatic N) is 3. The van der Waals surface area contributed by atoms with Crippen molar-refractivity contribution in [1.82, 2.24) is 19.9 Å². The molecule has 3 aromatic rings. The third-order valence-electron chi connectivity index (χ3n) is 5.59. The maximum atomic E-state index is 12.0. The van der Waals surface area contributed by atoms with Gasteiger partial charge in [-0.15, -0.1) is 0 Å². The first kappa shape index (κ1) is 19.3. The lowest BCUT2D eigenvalue weighted by molar-refractivity contribution is -0.124. The van der Waals surface area contributed by atoms with Crippen LogP contribution in [-0.2, 0) is 9.59 Å². The van der Waals surface area contributed by atoms with Crippen LogP contribution in [0.4, 0.5) is 11.6 Å². The molecule has 1 aliphatic heterocycles. The van der Waals surface area contributed by atoms with Gasteiger partial charge in [-0.25, -0.2) is 4.98 Å². The molecule has 5 rings (SSSR count). The van der Waals surface area contributed by atoms with E-state index in [0.717, 1.165) is 30.9 Å². The van der Waals surface area contributed by atoms with Crippen molar-refractivity contribution in [1.29, 1.82) is 0 Å². The smallest absolute Gasteiger partial charge is 0.254 e. The van der Waals surface area contributed by atoms with Crippen molar-refractivity contribution in [2.75, 3.05) is 10.6 Å². The molecule has 0 bridgehead atoms. The van der Waals surface area contributed by atoms with Crippen LogP contribution in [0.15, 0.2) is 48.2 Å². The average Bonchev–Trinajstić information content (AvgIpc) is 3.41. The third kappa shape index (κ3) is 4.01. The number of amides is 2. The summed E-state index contributed by atoms with van der Waals surface area (Å²) in [5.41, 5.74) is 2.96. The molecule has 2 aromatic heterocycles. The highest BCUT2D eigenvalue weighted by Gasteiger charge is 2.26. The minimum Gasteiger partial charge on any atom is -0.367 e. The number of hydrogen-bond donors (Lipinski definition) is 3. The molecule has 3 heterocycles. The number of aromatic nitrogens is 3. The van der Waals surface area contributed by atoms with Crippen molar-refractivity contribution < 1.29 is 9.59 Å². The van der Waals surface area contributed by atoms with Gasteiger partial charge in [0.15, 0.2) is 5.65 Å². The molecule has 2 fully saturated rings. The second kappa shape index (κ2) is 7.86. The lowest BCUT2D eigenvalue weighted by Gasteiger charge is -2.19. The SMILES string of the molecule is CC[C@H](Nc1cc(NC2CC2)n2ncc(C=C3CC(=O)NC3=O)c2n1)c1ccccc1. The molecule has 0 radical (unpaired) electrons. The van der Waals surface area contributed by atoms with Gasteiger partial charge >= 0.3 is 0 Å². The fourth-order valence-corrected chi connectivity index (χ4v) is 3.79. The number of imide groups is 1. The van der Waals surface area contributed by atoms with Gasteiger partial charge in [0, 0.05) is 23.2 Å². The van der Waals surface area contributed by atoms with Gasteiger partial charge in [0.1, 0.15) is 11.6 Å². The van der Waals surface area contributed by atoms with E-state index in [4.69, 9.17) is 4.98 Å². The number of nitrogens with one attached hydrogen (secondary N) is 3. The van der Waals surface area contributed by atoms with Gasteiger partial charge in [-0.1, -0.05) is 37.3 Å². The summed E-state index contributed by atoms with van der Waals surface area (Å²) in [6, 6.07) is 12.8. The van der Waals surface area contributed by atoms with E-state index in [9.17, 15) is 9.59 Å². The van der Waals surface area contributed by atoms with E-state index in [-0.39, 0.29) is 24.3 Å². The second-order valence-electron chi connectivity index (χ2n) is 8.02. The summed E-state index contributed by atoms with van der Waals surface area (Å²) in [6.07, 6.45) is 6.63. The highest BCUT2D eigenvalue weighted by molar-refractivity contribution is 6.15. The Morgan fingerprint density at radius 3 is 2.74 bits per heavy atom. The summed E-state index contributed by atoms with van der Waals surface area (Å²) >= 11 is 0. The van der Waals surface area contributed by atoms with Gasteiger partial charge in [0.2, 0.25) is 5.91 Å². The minimum atomic E-state index is -0.356. The monoisotopic (exact) mass is 416 g/mol. The molecular weight excluding hydrogens is 392 g/mol. The van der Waals surface area contributed by atoms with Crippen LogP contribution in [0, 0.1) is 0 Å². The standard InChI is InChI=1S/C23H24N6O2/c1-2-18(14-6-4-3-5-7-14)26-19-12-20(25-17-8-9-17)29-22(27-19)16(13-24-29)10-15-11-21(30)28-23(15)31/h3-7,10,12-13,17-18,25H,2,8-9,11H2,1H3,(H,26,27)(H,28,30,31)/t18-/m0/s1. The van der Waals surface area contributed by atoms with Gasteiger partial charge in [0.25, 0.3) is 5.91 Å². The van der Waals surface area contributed by atoms with Crippen LogP contribution in [0.5, 0.6) is 0 Å². The van der Waals surface area contributed by atoms with Crippen LogP contribution in [0.2, 0.25) is 0 Å². The molecule has 1 aromatic carbocycles. The minimum absolute atomic E-state index is 0.0766. The zero-order chi connectivity index (χ0) is 21.4. The van der Waals surface area contributed by atoms with Crippen molar-refractivity contribution in [3.05, 3.63) is 59.3 Å². The van der Waals surface area contributed by atoms with Gasteiger partial charge < -0.3 is 10.6 Å². The molecule has 0 spiro atoms. The first-order valence-electron chi connectivity index (χ1n) is 10.6. The van der Waals surface area contributed by atoms with Gasteiger partial charge in [-0.3, -0.25) is 14.9 Å². The zero-order valence-electron chi connectivity index (χ0n) is 17.3. The molecule has 158 valence electrons. The van der Waals surface area contributed by atoms with Crippen LogP contribution in [-0.4, -0.2) is 32.5 Å². The Morgan fingerprint density at radius 1 is 1.26 bits per heavy atom. The predicted octanol–water partition coefficient (Wildman–Crippen LogP) is 3.30. The van der Waals surface area contributed by atoms with Crippen molar-refractivity contribution in [3.63, 3.8) is 0 Å². The van der Waals surface area contributed by atoms with Gasteiger partial charge in [-0.05, 0) is 30.9 Å². The molecule has 3 N–H and O–H groups in total. The summed E-state index contributed by atoms with van der Waals surface area (Å²) in [5, 5.41) is 13.9. The van der Waals surface area contributed by atoms with E-state index < -0.39 is 0 Å². The molecule has 2 amide bonds. The fraction of sp³-hybridized carbons (Fsp3) is 0.304. The average molecular weight is 416 g/mol. The number of hydrogen-bond acceptors (Lipinski definition) is 6. The summed E-state index contributed by atoms with van der Waals surface area (Å²) in [4.78, 5) is 28.4. The van der Waals surface area contributed by atoms with Crippen LogP contribution in [0.3, 0.4) is 0 Å². The molecular formula is C23H24N6O2. The Morgan fingerprint density at radius 2 is 2.06 bits per heavy atom. The van der Waals surface area contributed by atoms with E-state index in [1.54, 1.807) is 16.8 Å². The zero-order valence-corrected chi connectivity index (χ0v) is 17.3. The summed E-state index contributed by atoms with van der Waals surface area (Å²) < 4.78 is 1.76. The molecule has 8 nitrogen and oxygen atoms in total. The van der Waals surface area contributed by atoms with Crippen molar-refractivity contribution in [2.45, 2.75) is 44.7 Å². The summed E-state index contributed by atoms with van der Waals surface area (Å²) in [6.45, 7) is 2.14. The Kier molecular flexibility index (Phi) is 4.89. The van der Waals surface area contributed by atoms with E-state index in [1.165, 1.54) is 5.56 Å². The van der Waals surface area contributed by atoms with Crippen LogP contribution in [0.1, 0.15) is 49.8 Å². The molecule has 31 heavy (non-hydrogen) atoms. The topological polar surface area (TPSA) is 100 Å². The Labute approximate surface area is 179 Å². The van der Waals surface area contributed by atoms with Crippen LogP contribution >= 0.6 is 0 Å². The summed E-state index contributed by atoms with van der Waals surface area (Å²) in [7, 11) is 0. The van der Waals surface area contributed by atoms with Gasteiger partial charge in [0.05, 0.1) is 18.7 Å². The van der Waals surface area contributed by atoms with Crippen LogP contribution in [0.25, 0.3) is 11.7 Å². The van der Waals surface area contributed by atoms with E-state index in [0.29, 0.717) is 22.8 Å². The van der Waals surface area contributed by atoms with E-state index in [2.05, 4.69) is 40.1 Å². The Balaban J connectivity index is 1.54. The van der Waals surface area contributed by atoms with Crippen molar-refractivity contribution in [3.8, 4) is 0 Å². The summed E-state index contributed by atoms with van der Waals surface area (Å²) in [5.74, 6) is 0.950. The largest absolute Gasteiger partial charge is 0.367 e. The number of carbonyl (C=O) groups excluding carboxylic acids is 2. The molecule has 1 aliphatic carbocycles. The van der Waals surface area contributed by atoms with Gasteiger partial charge in [-0.2, -0.15) is 9.61 Å². The number of anilines is 2. The van der Waals surface area contributed by atoms with Crippen molar-refractivity contribution in [2.24, 2.45) is 0 Å². The highest BCUT2D eigenvalue weighted by atomic mass is 16.2. The second-order valence-corrected chi connectivity index (χ2v) is 8.02. The first-order chi connectivity index (χ1) is 15.1. The molecule has 1 atom stereocenters. The molecule has 1 saturated carbocycles. The van der Waals surface area contributed by atoms with E-state index >= 15 is 0 Å². The molecule has 2 aliphatic rings. The van der Waals surface area contributed by atoms with Crippen molar-refractivity contribution >= 4 is 35.2 Å². The molecule has 1 saturated heterocycles. The predicted molar refractivity (Wildman–Crippen MR) is 118 cm³/mol. The third-order valence-corrected chi connectivity index (χ3v) is 5.59. The lowest BCUT2D eigenvalue weighted by Crippen LogP contribution is -2.19. The number of benzene rings is 1. The van der Waals surface area contributed by atoms with Crippen LogP contribution < -0.4 is 16.0 Å². The quantitative estimate of drug-likeness (QED) is 0.404.